The second kappa shape index (κ2) is 8.87. The zero-order valence-corrected chi connectivity index (χ0v) is 14.9. The lowest BCUT2D eigenvalue weighted by atomic mass is 10.1. The summed E-state index contributed by atoms with van der Waals surface area (Å²) >= 11 is 0. The van der Waals surface area contributed by atoms with Crippen molar-refractivity contribution in [3.05, 3.63) is 35.6 Å². The number of halogens is 1. The smallest absolute Gasteiger partial charge is 0.410 e. The Bertz CT molecular complexity index is 500. The fraction of sp³-hybridized carbons (Fsp3) is 0.611. The fourth-order valence-corrected chi connectivity index (χ4v) is 2.16. The summed E-state index contributed by atoms with van der Waals surface area (Å²) in [6.07, 6.45) is 1.16. The van der Waals surface area contributed by atoms with Crippen molar-refractivity contribution in [1.82, 2.24) is 10.2 Å². The average Bonchev–Trinajstić information content (AvgIpc) is 2.44. The Balaban J connectivity index is 2.24. The van der Waals surface area contributed by atoms with Gasteiger partial charge in [-0.2, -0.15) is 0 Å². The third kappa shape index (κ3) is 7.98. The van der Waals surface area contributed by atoms with Crippen LogP contribution in [0.1, 0.15) is 39.7 Å². The molecule has 0 aliphatic carbocycles. The molecule has 0 spiro atoms. The van der Waals surface area contributed by atoms with Crippen LogP contribution in [0.4, 0.5) is 9.18 Å². The number of hydrogen-bond donors (Lipinski definition) is 1. The molecule has 1 amide bonds. The molecule has 0 aliphatic rings. The Labute approximate surface area is 139 Å². The summed E-state index contributed by atoms with van der Waals surface area (Å²) in [7, 11) is 1.73. The predicted molar refractivity (Wildman–Crippen MR) is 91.0 cm³/mol. The van der Waals surface area contributed by atoms with Crippen LogP contribution in [0.5, 0.6) is 0 Å². The molecule has 0 bridgehead atoms. The Morgan fingerprint density at radius 2 is 2.00 bits per heavy atom. The third-order valence-corrected chi connectivity index (χ3v) is 3.35. The quantitative estimate of drug-likeness (QED) is 0.779. The standard InChI is InChI=1S/C18H29FN2O2/c1-14(13-15-9-6-7-10-16(15)19)20-11-8-12-21(5)17(22)23-18(2,3)4/h6-7,9-10,14,20H,8,11-13H2,1-5H3. The molecule has 0 radical (unpaired) electrons. The maximum Gasteiger partial charge on any atom is 0.410 e. The van der Waals surface area contributed by atoms with Gasteiger partial charge < -0.3 is 15.0 Å². The highest BCUT2D eigenvalue weighted by atomic mass is 19.1. The van der Waals surface area contributed by atoms with Crippen LogP contribution in [0, 0.1) is 5.82 Å². The van der Waals surface area contributed by atoms with E-state index in [9.17, 15) is 9.18 Å². The van der Waals surface area contributed by atoms with Crippen LogP contribution in [-0.4, -0.2) is 42.8 Å². The van der Waals surface area contributed by atoms with Crippen LogP contribution in [0.3, 0.4) is 0 Å². The normalized spacial score (nSPS) is 12.8. The van der Waals surface area contributed by atoms with Gasteiger partial charge in [0.2, 0.25) is 0 Å². The molecule has 1 N–H and O–H groups in total. The number of hydrogen-bond acceptors (Lipinski definition) is 3. The second-order valence-corrected chi connectivity index (χ2v) is 6.91. The molecule has 23 heavy (non-hydrogen) atoms. The lowest BCUT2D eigenvalue weighted by Crippen LogP contribution is -2.36. The molecule has 0 aromatic heterocycles. The molecule has 0 aliphatic heterocycles. The van der Waals surface area contributed by atoms with E-state index >= 15 is 0 Å². The van der Waals surface area contributed by atoms with Gasteiger partial charge in [0.05, 0.1) is 0 Å². The molecular weight excluding hydrogens is 295 g/mol. The minimum absolute atomic E-state index is 0.161. The van der Waals surface area contributed by atoms with Gasteiger partial charge in [-0.3, -0.25) is 0 Å². The molecule has 130 valence electrons. The van der Waals surface area contributed by atoms with Crippen LogP contribution in [0.25, 0.3) is 0 Å². The van der Waals surface area contributed by atoms with Crippen LogP contribution < -0.4 is 5.32 Å². The number of benzene rings is 1. The van der Waals surface area contributed by atoms with Gasteiger partial charge in [0.15, 0.2) is 0 Å². The number of nitrogens with one attached hydrogen (secondary N) is 1. The number of carbonyl (C=O) groups is 1. The Morgan fingerprint density at radius 3 is 2.61 bits per heavy atom. The first-order valence-electron chi connectivity index (χ1n) is 8.10. The molecule has 1 aromatic carbocycles. The number of nitrogens with zero attached hydrogens (tertiary/aromatic N) is 1. The van der Waals surface area contributed by atoms with E-state index in [-0.39, 0.29) is 18.0 Å². The van der Waals surface area contributed by atoms with Crippen molar-refractivity contribution in [2.75, 3.05) is 20.1 Å². The maximum atomic E-state index is 13.6. The zero-order valence-electron chi connectivity index (χ0n) is 14.9. The molecule has 0 heterocycles. The summed E-state index contributed by atoms with van der Waals surface area (Å²) < 4.78 is 18.9. The van der Waals surface area contributed by atoms with E-state index in [2.05, 4.69) is 5.32 Å². The van der Waals surface area contributed by atoms with Gasteiger partial charge in [-0.05, 0) is 58.7 Å². The van der Waals surface area contributed by atoms with Gasteiger partial charge in [-0.15, -0.1) is 0 Å². The van der Waals surface area contributed by atoms with Crippen molar-refractivity contribution < 1.29 is 13.9 Å². The number of ether oxygens (including phenoxy) is 1. The summed E-state index contributed by atoms with van der Waals surface area (Å²) in [6, 6.07) is 7.02. The van der Waals surface area contributed by atoms with Crippen LogP contribution >= 0.6 is 0 Å². The van der Waals surface area contributed by atoms with Gasteiger partial charge >= 0.3 is 6.09 Å². The number of carbonyl (C=O) groups excluding carboxylic acids is 1. The van der Waals surface area contributed by atoms with Crippen LogP contribution in [-0.2, 0) is 11.2 Å². The molecule has 0 fully saturated rings. The van der Waals surface area contributed by atoms with E-state index in [4.69, 9.17) is 4.74 Å². The minimum atomic E-state index is -0.474. The van der Waals surface area contributed by atoms with Gasteiger partial charge in [0, 0.05) is 19.6 Å². The molecule has 4 nitrogen and oxygen atoms in total. The van der Waals surface area contributed by atoms with Gasteiger partial charge in [-0.1, -0.05) is 18.2 Å². The summed E-state index contributed by atoms with van der Waals surface area (Å²) in [5.41, 5.74) is 0.246. The molecule has 0 saturated heterocycles. The summed E-state index contributed by atoms with van der Waals surface area (Å²) in [5.74, 6) is -0.161. The molecular formula is C18H29FN2O2. The predicted octanol–water partition coefficient (Wildman–Crippen LogP) is 3.60. The Kier molecular flexibility index (Phi) is 7.49. The van der Waals surface area contributed by atoms with E-state index in [1.165, 1.54) is 6.07 Å². The summed E-state index contributed by atoms with van der Waals surface area (Å²) in [4.78, 5) is 13.4. The van der Waals surface area contributed by atoms with Gasteiger partial charge in [-0.25, -0.2) is 9.18 Å². The molecule has 1 aromatic rings. The fourth-order valence-electron chi connectivity index (χ4n) is 2.16. The van der Waals surface area contributed by atoms with Crippen LogP contribution in [0.15, 0.2) is 24.3 Å². The minimum Gasteiger partial charge on any atom is -0.444 e. The van der Waals surface area contributed by atoms with Crippen molar-refractivity contribution >= 4 is 6.09 Å². The number of rotatable bonds is 7. The van der Waals surface area contributed by atoms with Crippen molar-refractivity contribution in [3.63, 3.8) is 0 Å². The molecule has 5 heteroatoms. The molecule has 1 atom stereocenters. The third-order valence-electron chi connectivity index (χ3n) is 3.35. The van der Waals surface area contributed by atoms with Crippen LogP contribution in [0.2, 0.25) is 0 Å². The second-order valence-electron chi connectivity index (χ2n) is 6.91. The molecule has 0 saturated carbocycles. The van der Waals surface area contributed by atoms with E-state index in [0.29, 0.717) is 13.0 Å². The van der Waals surface area contributed by atoms with E-state index in [1.807, 2.05) is 39.8 Å². The SMILES string of the molecule is CC(Cc1ccccc1F)NCCCN(C)C(=O)OC(C)(C)C. The van der Waals surface area contributed by atoms with Gasteiger partial charge in [0.1, 0.15) is 11.4 Å². The lowest BCUT2D eigenvalue weighted by Gasteiger charge is -2.24. The van der Waals surface area contributed by atoms with Crippen molar-refractivity contribution in [2.24, 2.45) is 0 Å². The van der Waals surface area contributed by atoms with E-state index < -0.39 is 5.60 Å². The average molecular weight is 324 g/mol. The number of amides is 1. The van der Waals surface area contributed by atoms with E-state index in [1.54, 1.807) is 18.0 Å². The first-order valence-corrected chi connectivity index (χ1v) is 8.10. The zero-order chi connectivity index (χ0) is 17.5. The first-order chi connectivity index (χ1) is 10.7. The summed E-state index contributed by atoms with van der Waals surface area (Å²) in [5, 5.41) is 3.36. The van der Waals surface area contributed by atoms with Crippen molar-refractivity contribution in [3.8, 4) is 0 Å². The summed E-state index contributed by atoms with van der Waals surface area (Å²) in [6.45, 7) is 8.97. The monoisotopic (exact) mass is 324 g/mol. The highest BCUT2D eigenvalue weighted by molar-refractivity contribution is 5.67. The maximum absolute atomic E-state index is 13.6. The Hall–Kier alpha value is -1.62. The largest absolute Gasteiger partial charge is 0.444 e. The highest BCUT2D eigenvalue weighted by Gasteiger charge is 2.19. The van der Waals surface area contributed by atoms with E-state index in [0.717, 1.165) is 18.5 Å². The molecule has 1 rings (SSSR count). The van der Waals surface area contributed by atoms with Crippen molar-refractivity contribution in [1.29, 1.82) is 0 Å². The topological polar surface area (TPSA) is 41.6 Å². The van der Waals surface area contributed by atoms with Gasteiger partial charge in [0.25, 0.3) is 0 Å². The Morgan fingerprint density at radius 1 is 1.35 bits per heavy atom. The molecule has 1 unspecified atom stereocenters. The first kappa shape index (κ1) is 19.4. The van der Waals surface area contributed by atoms with Crippen molar-refractivity contribution in [2.45, 2.75) is 52.2 Å². The highest BCUT2D eigenvalue weighted by Crippen LogP contribution is 2.10. The lowest BCUT2D eigenvalue weighted by molar-refractivity contribution is 0.0297.